The zero-order valence-electron chi connectivity index (χ0n) is 18.1. The van der Waals surface area contributed by atoms with E-state index in [-0.39, 0.29) is 104 Å². The van der Waals surface area contributed by atoms with E-state index in [0.29, 0.717) is 6.07 Å². The Labute approximate surface area is 259 Å². The van der Waals surface area contributed by atoms with E-state index in [9.17, 15) is 36.2 Å². The summed E-state index contributed by atoms with van der Waals surface area (Å²) < 4.78 is 67.9. The van der Waals surface area contributed by atoms with Gasteiger partial charge in [0.05, 0.1) is 26.9 Å². The van der Waals surface area contributed by atoms with E-state index < -0.39 is 47.3 Å². The molecule has 0 spiro atoms. The van der Waals surface area contributed by atoms with Crippen LogP contribution >= 0.6 is 11.6 Å². The second-order valence-electron chi connectivity index (χ2n) is 6.01. The molecule has 178 valence electrons. The minimum Gasteiger partial charge on any atom is -0.870 e. The smallest absolute Gasteiger partial charge is 0.870 e. The van der Waals surface area contributed by atoms with Gasteiger partial charge >= 0.3 is 59.1 Å². The normalized spacial score (nSPS) is 11.1. The molecule has 13 nitrogen and oxygen atoms in total. The summed E-state index contributed by atoms with van der Waals surface area (Å²) in [5.41, 5.74) is -0.983. The predicted octanol–water partition coefficient (Wildman–Crippen LogP) is -4.97. The molecule has 0 saturated heterocycles. The first-order valence-corrected chi connectivity index (χ1v) is 11.2. The zero-order chi connectivity index (χ0) is 23.1. The maximum atomic E-state index is 12.6. The topological polar surface area (TPSA) is 233 Å². The fraction of sp³-hybridized carbons (Fsp3) is 0.0625. The minimum atomic E-state index is -5.13. The van der Waals surface area contributed by atoms with Crippen LogP contribution in [-0.4, -0.2) is 41.2 Å². The van der Waals surface area contributed by atoms with Crippen LogP contribution < -0.4 is 69.3 Å². The van der Waals surface area contributed by atoms with Gasteiger partial charge in [-0.1, -0.05) is 23.4 Å². The second kappa shape index (κ2) is 13.8. The number of hydrogen-bond donors (Lipinski definition) is 0. The van der Waals surface area contributed by atoms with Crippen LogP contribution in [0.1, 0.15) is 5.69 Å². The van der Waals surface area contributed by atoms with Gasteiger partial charge in [-0.05, 0) is 37.3 Å². The van der Waals surface area contributed by atoms with Crippen molar-refractivity contribution >= 4 is 43.2 Å². The third-order valence-electron chi connectivity index (χ3n) is 3.87. The third-order valence-corrected chi connectivity index (χ3v) is 5.76. The van der Waals surface area contributed by atoms with E-state index in [1.165, 1.54) is 19.1 Å². The monoisotopic (exact) mass is 599 g/mol. The second-order valence-corrected chi connectivity index (χ2v) is 9.17. The van der Waals surface area contributed by atoms with E-state index in [0.717, 1.165) is 22.9 Å². The van der Waals surface area contributed by atoms with Gasteiger partial charge in [0.1, 0.15) is 25.9 Å². The van der Waals surface area contributed by atoms with Crippen LogP contribution in [0.3, 0.4) is 0 Å². The van der Waals surface area contributed by atoms with Crippen molar-refractivity contribution in [3.8, 4) is 17.3 Å². The van der Waals surface area contributed by atoms with Crippen molar-refractivity contribution in [3.63, 3.8) is 0 Å². The molecule has 0 radical (unpaired) electrons. The molecule has 0 aliphatic carbocycles. The molecule has 0 aliphatic rings. The third kappa shape index (κ3) is 8.48. The molecular weight excluding hydrogens is 590 g/mol. The van der Waals surface area contributed by atoms with Crippen LogP contribution in [0.25, 0.3) is 5.69 Å². The predicted molar refractivity (Wildman–Crippen MR) is 101 cm³/mol. The summed E-state index contributed by atoms with van der Waals surface area (Å²) in [5, 5.41) is 35.5. The van der Waals surface area contributed by atoms with Gasteiger partial charge in [0.2, 0.25) is 0 Å². The Balaban J connectivity index is 0. The van der Waals surface area contributed by atoms with Gasteiger partial charge in [0, 0.05) is 28.3 Å². The van der Waals surface area contributed by atoms with Gasteiger partial charge < -0.3 is 24.8 Å². The number of aryl methyl sites for hydroxylation is 1. The van der Waals surface area contributed by atoms with Crippen molar-refractivity contribution in [2.45, 2.75) is 16.7 Å². The molecule has 3 aromatic rings. The zero-order valence-corrected chi connectivity index (χ0v) is 25.7. The van der Waals surface area contributed by atoms with E-state index in [2.05, 4.69) is 15.3 Å². The molecule has 0 fully saturated rings. The summed E-state index contributed by atoms with van der Waals surface area (Å²) in [7, 11) is -9.91. The first-order chi connectivity index (χ1) is 14.3. The van der Waals surface area contributed by atoms with Gasteiger partial charge in [-0.25, -0.2) is 21.5 Å². The summed E-state index contributed by atoms with van der Waals surface area (Å²) >= 11 is 5.71. The fourth-order valence-electron chi connectivity index (χ4n) is 2.48. The number of aromatic nitrogens is 2. The van der Waals surface area contributed by atoms with Gasteiger partial charge in [-0.15, -0.1) is 5.11 Å². The number of azo groups is 1. The Hall–Kier alpha value is -0.548. The maximum absolute atomic E-state index is 12.6. The van der Waals surface area contributed by atoms with E-state index >= 15 is 0 Å². The Morgan fingerprint density at radius 2 is 1.57 bits per heavy atom. The van der Waals surface area contributed by atoms with Crippen LogP contribution in [0.4, 0.5) is 11.4 Å². The maximum Gasteiger partial charge on any atom is 1.00 e. The largest absolute Gasteiger partial charge is 1.00 e. The molecule has 1 N–H and O–H groups in total. The number of rotatable bonds is 5. The SMILES string of the molecule is Cc1nn(-c2cccc(S(=O)(=O)[O-])c2)c([O-])c1N=Nc1cc(Cl)cc(S(=O)(=O)[O-])c1[O-].[Cr].[Na+].[Na+].[OH-]. The minimum absolute atomic E-state index is 0. The van der Waals surface area contributed by atoms with Crippen LogP contribution in [0.15, 0.2) is 56.4 Å². The summed E-state index contributed by atoms with van der Waals surface area (Å²) in [5.74, 6) is -2.12. The van der Waals surface area contributed by atoms with Gasteiger partial charge in [0.25, 0.3) is 0 Å². The molecule has 2 aromatic carbocycles. The Morgan fingerprint density at radius 1 is 0.971 bits per heavy atom. The quantitative estimate of drug-likeness (QED) is 0.154. The van der Waals surface area contributed by atoms with Crippen LogP contribution in [0, 0.1) is 6.92 Å². The molecule has 3 rings (SSSR count). The van der Waals surface area contributed by atoms with Crippen LogP contribution in [0.5, 0.6) is 11.6 Å². The number of benzene rings is 2. The molecule has 0 aliphatic heterocycles. The molecule has 1 heterocycles. The first kappa shape index (κ1) is 36.6. The van der Waals surface area contributed by atoms with E-state index in [4.69, 9.17) is 11.6 Å². The van der Waals surface area contributed by atoms with Crippen LogP contribution in [0.2, 0.25) is 5.02 Å². The van der Waals surface area contributed by atoms with E-state index in [1.807, 2.05) is 0 Å². The molecule has 35 heavy (non-hydrogen) atoms. The molecule has 0 bridgehead atoms. The number of halogens is 1. The summed E-state index contributed by atoms with van der Waals surface area (Å²) in [6, 6.07) is 6.17. The molecular formula is C16H10ClCrN4Na2O9S2-3. The molecule has 1 aromatic heterocycles. The summed E-state index contributed by atoms with van der Waals surface area (Å²) in [6.07, 6.45) is 0. The van der Waals surface area contributed by atoms with Crippen molar-refractivity contribution in [3.05, 3.63) is 47.1 Å². The first-order valence-electron chi connectivity index (χ1n) is 8.00. The van der Waals surface area contributed by atoms with E-state index in [1.54, 1.807) is 0 Å². The van der Waals surface area contributed by atoms with Crippen molar-refractivity contribution in [2.75, 3.05) is 0 Å². The Morgan fingerprint density at radius 3 is 2.11 bits per heavy atom. The Kier molecular flexibility index (Phi) is 14.5. The molecule has 19 heteroatoms. The van der Waals surface area contributed by atoms with Crippen molar-refractivity contribution in [1.29, 1.82) is 0 Å². The molecule has 0 atom stereocenters. The molecule has 0 saturated carbocycles. The average molecular weight is 600 g/mol. The van der Waals surface area contributed by atoms with Gasteiger partial charge in [-0.3, -0.25) is 0 Å². The van der Waals surface area contributed by atoms with Gasteiger partial charge in [-0.2, -0.15) is 10.2 Å². The number of hydrogen-bond acceptors (Lipinski definition) is 12. The summed E-state index contributed by atoms with van der Waals surface area (Å²) in [4.78, 5) is -1.71. The molecule has 0 unspecified atom stereocenters. The standard InChI is InChI=1S/C16H13ClN4O8S2.Cr.2Na.H2O/c1-8-14(19-18-12-5-9(17)6-13(15(12)22)31(27,28)29)16(23)21(20-8)10-3-2-4-11(7-10)30(24,25)26;;;;/h2-7,22-23H,1H3,(H,24,25,26)(H,27,28,29);;;;1H2/q;;2*+1;/p-5. The number of nitrogens with zero attached hydrogens (tertiary/aromatic N) is 4. The van der Waals surface area contributed by atoms with Crippen molar-refractivity contribution in [1.82, 2.24) is 9.78 Å². The van der Waals surface area contributed by atoms with Gasteiger partial charge in [0.15, 0.2) is 0 Å². The summed E-state index contributed by atoms with van der Waals surface area (Å²) in [6.45, 7) is 1.37. The fourth-order valence-corrected chi connectivity index (χ4v) is 3.87. The van der Waals surface area contributed by atoms with Crippen molar-refractivity contribution < 1.29 is 118 Å². The Bertz CT molecular complexity index is 1450. The van der Waals surface area contributed by atoms with Crippen LogP contribution in [-0.2, 0) is 37.6 Å². The molecule has 0 amide bonds. The van der Waals surface area contributed by atoms with Crippen molar-refractivity contribution in [2.24, 2.45) is 10.2 Å². The average Bonchev–Trinajstić information content (AvgIpc) is 2.94.